The molecule has 1 atom stereocenters. The molecule has 0 bridgehead atoms. The van der Waals surface area contributed by atoms with Gasteiger partial charge in [-0.2, -0.15) is 0 Å². The Morgan fingerprint density at radius 2 is 2.12 bits per heavy atom. The van der Waals surface area contributed by atoms with E-state index in [1.165, 1.54) is 6.07 Å². The Labute approximate surface area is 110 Å². The average molecular weight is 304 g/mol. The number of hydrogen-bond acceptors (Lipinski definition) is 2. The Hall–Kier alpha value is -0.450. The lowest BCUT2D eigenvalue weighted by molar-refractivity contribution is -0.0288. The van der Waals surface area contributed by atoms with Crippen LogP contribution in [-0.4, -0.2) is 18.2 Å². The van der Waals surface area contributed by atoms with E-state index in [4.69, 9.17) is 10.5 Å². The van der Waals surface area contributed by atoms with Gasteiger partial charge in [-0.05, 0) is 54.8 Å². The Bertz CT molecular complexity index is 382. The monoisotopic (exact) mass is 303 g/mol. The lowest BCUT2D eigenvalue weighted by Crippen LogP contribution is -2.46. The van der Waals surface area contributed by atoms with Crippen molar-refractivity contribution in [1.82, 2.24) is 0 Å². The summed E-state index contributed by atoms with van der Waals surface area (Å²) in [5.74, 6) is -0.260. The summed E-state index contributed by atoms with van der Waals surface area (Å²) in [6, 6.07) is 4.80. The van der Waals surface area contributed by atoms with Gasteiger partial charge in [-0.3, -0.25) is 0 Å². The predicted octanol–water partition coefficient (Wildman–Crippen LogP) is 3.27. The van der Waals surface area contributed by atoms with Crippen molar-refractivity contribution in [3.8, 4) is 0 Å². The highest BCUT2D eigenvalue weighted by Gasteiger charge is 2.27. The molecule has 0 spiro atoms. The summed E-state index contributed by atoms with van der Waals surface area (Å²) < 4.78 is 19.4. The first-order valence-corrected chi connectivity index (χ1v) is 6.50. The molecule has 0 aromatic heterocycles. The summed E-state index contributed by atoms with van der Waals surface area (Å²) in [5.41, 5.74) is 6.57. The highest BCUT2D eigenvalue weighted by Crippen LogP contribution is 2.24. The van der Waals surface area contributed by atoms with Crippen LogP contribution in [0.1, 0.15) is 26.3 Å². The van der Waals surface area contributed by atoms with Crippen molar-refractivity contribution in [3.63, 3.8) is 0 Å². The van der Waals surface area contributed by atoms with Crippen LogP contribution in [0.3, 0.4) is 0 Å². The van der Waals surface area contributed by atoms with Gasteiger partial charge in [0.25, 0.3) is 0 Å². The van der Waals surface area contributed by atoms with Gasteiger partial charge in [-0.25, -0.2) is 4.39 Å². The summed E-state index contributed by atoms with van der Waals surface area (Å²) in [6.07, 6.45) is 0.575. The third-order valence-corrected chi connectivity index (χ3v) is 3.77. The van der Waals surface area contributed by atoms with Gasteiger partial charge >= 0.3 is 0 Å². The van der Waals surface area contributed by atoms with Crippen LogP contribution in [0.4, 0.5) is 4.39 Å². The first-order valence-electron chi connectivity index (χ1n) is 5.71. The van der Waals surface area contributed by atoms with E-state index < -0.39 is 5.60 Å². The van der Waals surface area contributed by atoms with Gasteiger partial charge in [0.2, 0.25) is 0 Å². The van der Waals surface area contributed by atoms with Gasteiger partial charge in [0.05, 0.1) is 10.1 Å². The van der Waals surface area contributed by atoms with E-state index in [-0.39, 0.29) is 11.9 Å². The van der Waals surface area contributed by atoms with E-state index in [1.54, 1.807) is 6.07 Å². The predicted molar refractivity (Wildman–Crippen MR) is 71.5 cm³/mol. The number of halogens is 2. The smallest absolute Gasteiger partial charge is 0.137 e. The molecule has 0 aliphatic carbocycles. The zero-order chi connectivity index (χ0) is 13.1. The van der Waals surface area contributed by atoms with E-state index in [0.29, 0.717) is 17.5 Å². The summed E-state index contributed by atoms with van der Waals surface area (Å²) in [6.45, 7) is 6.46. The van der Waals surface area contributed by atoms with Crippen LogP contribution in [0.15, 0.2) is 22.7 Å². The molecule has 0 saturated heterocycles. The minimum absolute atomic E-state index is 0.180. The second-order valence-corrected chi connectivity index (χ2v) is 5.35. The van der Waals surface area contributed by atoms with Gasteiger partial charge in [0.15, 0.2) is 0 Å². The summed E-state index contributed by atoms with van der Waals surface area (Å²) in [7, 11) is 0. The molecule has 2 nitrogen and oxygen atoms in total. The maximum Gasteiger partial charge on any atom is 0.137 e. The molecule has 96 valence electrons. The first-order chi connectivity index (χ1) is 7.88. The molecule has 2 N–H and O–H groups in total. The minimum atomic E-state index is -0.416. The Morgan fingerprint density at radius 3 is 2.71 bits per heavy atom. The van der Waals surface area contributed by atoms with Gasteiger partial charge in [-0.15, -0.1) is 0 Å². The molecule has 0 radical (unpaired) electrons. The number of ether oxygens (including phenoxy) is 1. The third kappa shape index (κ3) is 3.76. The van der Waals surface area contributed by atoms with Gasteiger partial charge in [-0.1, -0.05) is 12.1 Å². The molecule has 1 aromatic carbocycles. The second kappa shape index (κ2) is 5.94. The quantitative estimate of drug-likeness (QED) is 0.906. The van der Waals surface area contributed by atoms with Crippen LogP contribution in [0.5, 0.6) is 0 Å². The molecule has 0 heterocycles. The third-order valence-electron chi connectivity index (χ3n) is 2.88. The second-order valence-electron chi connectivity index (χ2n) is 4.56. The fourth-order valence-electron chi connectivity index (χ4n) is 1.67. The molecule has 1 rings (SSSR count). The molecule has 0 aliphatic heterocycles. The highest BCUT2D eigenvalue weighted by atomic mass is 79.9. The van der Waals surface area contributed by atoms with Crippen molar-refractivity contribution in [1.29, 1.82) is 0 Å². The largest absolute Gasteiger partial charge is 0.374 e. The SMILES string of the molecule is CCOC(C)(C)C(N)Cc1cccc(F)c1Br. The van der Waals surface area contributed by atoms with Crippen molar-refractivity contribution in [2.75, 3.05) is 6.61 Å². The lowest BCUT2D eigenvalue weighted by Gasteiger charge is -2.31. The number of nitrogens with two attached hydrogens (primary N) is 1. The molecule has 1 aromatic rings. The van der Waals surface area contributed by atoms with Crippen molar-refractivity contribution in [3.05, 3.63) is 34.1 Å². The van der Waals surface area contributed by atoms with Gasteiger partial charge < -0.3 is 10.5 Å². The normalized spacial score (nSPS) is 13.8. The maximum atomic E-state index is 13.4. The fraction of sp³-hybridized carbons (Fsp3) is 0.538. The van der Waals surface area contributed by atoms with Crippen LogP contribution in [0.2, 0.25) is 0 Å². The summed E-state index contributed by atoms with van der Waals surface area (Å²) in [5, 5.41) is 0. The van der Waals surface area contributed by atoms with Crippen LogP contribution < -0.4 is 5.73 Å². The van der Waals surface area contributed by atoms with Crippen LogP contribution in [-0.2, 0) is 11.2 Å². The van der Waals surface area contributed by atoms with Crippen molar-refractivity contribution >= 4 is 15.9 Å². The molecular weight excluding hydrogens is 285 g/mol. The van der Waals surface area contributed by atoms with Gasteiger partial charge in [0, 0.05) is 12.6 Å². The summed E-state index contributed by atoms with van der Waals surface area (Å²) in [4.78, 5) is 0. The van der Waals surface area contributed by atoms with E-state index in [1.807, 2.05) is 26.8 Å². The zero-order valence-corrected chi connectivity index (χ0v) is 12.1. The zero-order valence-electron chi connectivity index (χ0n) is 10.5. The Kier molecular flexibility index (Phi) is 5.10. The van der Waals surface area contributed by atoms with E-state index in [2.05, 4.69) is 15.9 Å². The lowest BCUT2D eigenvalue weighted by atomic mass is 9.93. The number of benzene rings is 1. The Balaban J connectivity index is 2.81. The number of rotatable bonds is 5. The average Bonchev–Trinajstić information content (AvgIpc) is 2.24. The highest BCUT2D eigenvalue weighted by molar-refractivity contribution is 9.10. The summed E-state index contributed by atoms with van der Waals surface area (Å²) >= 11 is 3.24. The molecule has 1 unspecified atom stereocenters. The van der Waals surface area contributed by atoms with E-state index in [0.717, 1.165) is 5.56 Å². The molecule has 17 heavy (non-hydrogen) atoms. The molecule has 0 fully saturated rings. The fourth-order valence-corrected chi connectivity index (χ4v) is 2.09. The maximum absolute atomic E-state index is 13.4. The van der Waals surface area contributed by atoms with Crippen molar-refractivity contribution < 1.29 is 9.13 Å². The standard InChI is InChI=1S/C13H19BrFNO/c1-4-17-13(2,3)11(16)8-9-6-5-7-10(15)12(9)14/h5-7,11H,4,8,16H2,1-3H3. The van der Waals surface area contributed by atoms with Crippen LogP contribution in [0, 0.1) is 5.82 Å². The first kappa shape index (κ1) is 14.6. The Morgan fingerprint density at radius 1 is 1.47 bits per heavy atom. The molecule has 0 aliphatic rings. The molecule has 4 heteroatoms. The molecule has 0 amide bonds. The van der Waals surface area contributed by atoms with E-state index in [9.17, 15) is 4.39 Å². The van der Waals surface area contributed by atoms with Crippen LogP contribution >= 0.6 is 15.9 Å². The molecular formula is C13H19BrFNO. The number of hydrogen-bond donors (Lipinski definition) is 1. The van der Waals surface area contributed by atoms with E-state index >= 15 is 0 Å². The van der Waals surface area contributed by atoms with Crippen LogP contribution in [0.25, 0.3) is 0 Å². The molecule has 0 saturated carbocycles. The minimum Gasteiger partial charge on any atom is -0.374 e. The van der Waals surface area contributed by atoms with Crippen molar-refractivity contribution in [2.45, 2.75) is 38.8 Å². The topological polar surface area (TPSA) is 35.2 Å². The van der Waals surface area contributed by atoms with Crippen molar-refractivity contribution in [2.24, 2.45) is 5.73 Å². The van der Waals surface area contributed by atoms with Gasteiger partial charge in [0.1, 0.15) is 5.82 Å².